The van der Waals surface area contributed by atoms with E-state index in [9.17, 15) is 0 Å². The highest BCUT2D eigenvalue weighted by Gasteiger charge is 2.03. The second-order valence-corrected chi connectivity index (χ2v) is 4.48. The van der Waals surface area contributed by atoms with Gasteiger partial charge in [-0.2, -0.15) is 0 Å². The minimum atomic E-state index is 0.918. The summed E-state index contributed by atoms with van der Waals surface area (Å²) in [6.07, 6.45) is 1.08. The van der Waals surface area contributed by atoms with Gasteiger partial charge in [0, 0.05) is 17.5 Å². The van der Waals surface area contributed by atoms with Crippen molar-refractivity contribution in [2.75, 3.05) is 11.9 Å². The van der Waals surface area contributed by atoms with E-state index in [-0.39, 0.29) is 0 Å². The molecule has 0 bridgehead atoms. The molecule has 2 nitrogen and oxygen atoms in total. The van der Waals surface area contributed by atoms with E-state index in [1.807, 2.05) is 0 Å². The summed E-state index contributed by atoms with van der Waals surface area (Å²) in [6, 6.07) is 8.62. The van der Waals surface area contributed by atoms with Crippen LogP contribution in [0.3, 0.4) is 0 Å². The van der Waals surface area contributed by atoms with Crippen LogP contribution in [-0.4, -0.2) is 11.5 Å². The Morgan fingerprint density at radius 3 is 2.56 bits per heavy atom. The molecule has 0 radical (unpaired) electrons. The maximum absolute atomic E-state index is 4.53. The lowest BCUT2D eigenvalue weighted by Gasteiger charge is -1.99. The number of hydrogen-bond acceptors (Lipinski definition) is 3. The molecule has 0 aliphatic carbocycles. The molecule has 0 saturated carbocycles. The predicted molar refractivity (Wildman–Crippen MR) is 71.1 cm³/mol. The Labute approximate surface area is 100 Å². The van der Waals surface area contributed by atoms with Crippen LogP contribution in [0.5, 0.6) is 0 Å². The fraction of sp³-hybridized carbons (Fsp3) is 0.308. The average Bonchev–Trinajstić information content (AvgIpc) is 2.78. The molecule has 2 rings (SSSR count). The van der Waals surface area contributed by atoms with Crippen molar-refractivity contribution in [1.29, 1.82) is 0 Å². The lowest BCUT2D eigenvalue weighted by atomic mass is 10.1. The SMILES string of the molecule is CCNc1nc(-c2ccc(CC)cc2)cs1. The monoisotopic (exact) mass is 232 g/mol. The Balaban J connectivity index is 2.21. The van der Waals surface area contributed by atoms with Crippen LogP contribution in [0.2, 0.25) is 0 Å². The molecule has 1 aromatic heterocycles. The normalized spacial score (nSPS) is 10.4. The molecule has 0 aliphatic heterocycles. The van der Waals surface area contributed by atoms with Crippen molar-refractivity contribution in [3.63, 3.8) is 0 Å². The maximum Gasteiger partial charge on any atom is 0.183 e. The molecular weight excluding hydrogens is 216 g/mol. The number of aryl methyl sites for hydroxylation is 1. The number of benzene rings is 1. The standard InChI is InChI=1S/C13H16N2S/c1-3-10-5-7-11(8-6-10)12-9-16-13(15-12)14-4-2/h5-9H,3-4H2,1-2H3,(H,14,15). The van der Waals surface area contributed by atoms with E-state index < -0.39 is 0 Å². The van der Waals surface area contributed by atoms with E-state index in [1.54, 1.807) is 11.3 Å². The van der Waals surface area contributed by atoms with Gasteiger partial charge in [0.15, 0.2) is 5.13 Å². The Kier molecular flexibility index (Phi) is 3.57. The Morgan fingerprint density at radius 2 is 1.94 bits per heavy atom. The third kappa shape index (κ3) is 2.42. The molecule has 0 atom stereocenters. The zero-order chi connectivity index (χ0) is 11.4. The van der Waals surface area contributed by atoms with Crippen molar-refractivity contribution in [3.8, 4) is 11.3 Å². The van der Waals surface area contributed by atoms with Crippen molar-refractivity contribution in [3.05, 3.63) is 35.2 Å². The lowest BCUT2D eigenvalue weighted by Crippen LogP contribution is -1.94. The summed E-state index contributed by atoms with van der Waals surface area (Å²) >= 11 is 1.66. The van der Waals surface area contributed by atoms with Crippen LogP contribution in [0.25, 0.3) is 11.3 Å². The van der Waals surface area contributed by atoms with Crippen molar-refractivity contribution < 1.29 is 0 Å². The van der Waals surface area contributed by atoms with Gasteiger partial charge in [-0.1, -0.05) is 31.2 Å². The van der Waals surface area contributed by atoms with E-state index in [4.69, 9.17) is 0 Å². The number of rotatable bonds is 4. The molecule has 3 heteroatoms. The summed E-state index contributed by atoms with van der Waals surface area (Å²) in [5.74, 6) is 0. The quantitative estimate of drug-likeness (QED) is 0.867. The highest BCUT2D eigenvalue weighted by Crippen LogP contribution is 2.24. The number of aromatic nitrogens is 1. The molecule has 0 aliphatic rings. The molecule has 2 aromatic rings. The first-order valence-corrected chi connectivity index (χ1v) is 6.50. The molecule has 0 saturated heterocycles. The zero-order valence-electron chi connectivity index (χ0n) is 9.66. The van der Waals surface area contributed by atoms with Crippen LogP contribution in [0.1, 0.15) is 19.4 Å². The summed E-state index contributed by atoms with van der Waals surface area (Å²) < 4.78 is 0. The van der Waals surface area contributed by atoms with E-state index >= 15 is 0 Å². The second kappa shape index (κ2) is 5.12. The van der Waals surface area contributed by atoms with Crippen LogP contribution >= 0.6 is 11.3 Å². The molecule has 0 amide bonds. The highest BCUT2D eigenvalue weighted by atomic mass is 32.1. The van der Waals surface area contributed by atoms with Gasteiger partial charge in [0.05, 0.1) is 5.69 Å². The van der Waals surface area contributed by atoms with Crippen molar-refractivity contribution in [1.82, 2.24) is 4.98 Å². The smallest absolute Gasteiger partial charge is 0.183 e. The molecular formula is C13H16N2S. The number of hydrogen-bond donors (Lipinski definition) is 1. The number of thiazole rings is 1. The minimum absolute atomic E-state index is 0.918. The van der Waals surface area contributed by atoms with Crippen molar-refractivity contribution >= 4 is 16.5 Å². The molecule has 0 fully saturated rings. The molecule has 0 spiro atoms. The molecule has 0 unspecified atom stereocenters. The zero-order valence-corrected chi connectivity index (χ0v) is 10.5. The fourth-order valence-corrected chi connectivity index (χ4v) is 2.34. The third-order valence-corrected chi connectivity index (χ3v) is 3.29. The van der Waals surface area contributed by atoms with Gasteiger partial charge in [-0.15, -0.1) is 11.3 Å². The van der Waals surface area contributed by atoms with Gasteiger partial charge in [-0.25, -0.2) is 4.98 Å². The van der Waals surface area contributed by atoms with E-state index in [1.165, 1.54) is 11.1 Å². The molecule has 1 heterocycles. The van der Waals surface area contributed by atoms with Gasteiger partial charge in [0.25, 0.3) is 0 Å². The van der Waals surface area contributed by atoms with Gasteiger partial charge in [0.2, 0.25) is 0 Å². The summed E-state index contributed by atoms with van der Waals surface area (Å²) in [5, 5.41) is 6.32. The van der Waals surface area contributed by atoms with Gasteiger partial charge in [-0.05, 0) is 18.9 Å². The van der Waals surface area contributed by atoms with Crippen LogP contribution in [0.15, 0.2) is 29.6 Å². The molecule has 84 valence electrons. The van der Waals surface area contributed by atoms with E-state index in [0.717, 1.165) is 23.8 Å². The Morgan fingerprint density at radius 1 is 1.19 bits per heavy atom. The van der Waals surface area contributed by atoms with Crippen LogP contribution < -0.4 is 5.32 Å². The average molecular weight is 232 g/mol. The number of nitrogens with one attached hydrogen (secondary N) is 1. The summed E-state index contributed by atoms with van der Waals surface area (Å²) in [4.78, 5) is 4.53. The molecule has 1 aromatic carbocycles. The van der Waals surface area contributed by atoms with Crippen molar-refractivity contribution in [2.24, 2.45) is 0 Å². The van der Waals surface area contributed by atoms with Gasteiger partial charge in [0.1, 0.15) is 0 Å². The number of anilines is 1. The molecule has 16 heavy (non-hydrogen) atoms. The molecule has 1 N–H and O–H groups in total. The highest BCUT2D eigenvalue weighted by molar-refractivity contribution is 7.14. The topological polar surface area (TPSA) is 24.9 Å². The fourth-order valence-electron chi connectivity index (χ4n) is 1.55. The Bertz CT molecular complexity index is 445. The van der Waals surface area contributed by atoms with Crippen LogP contribution in [0, 0.1) is 0 Å². The largest absolute Gasteiger partial charge is 0.362 e. The van der Waals surface area contributed by atoms with Crippen LogP contribution in [-0.2, 0) is 6.42 Å². The predicted octanol–water partition coefficient (Wildman–Crippen LogP) is 3.80. The van der Waals surface area contributed by atoms with Crippen LogP contribution in [0.4, 0.5) is 5.13 Å². The first-order chi connectivity index (χ1) is 7.83. The van der Waals surface area contributed by atoms with Crippen molar-refractivity contribution in [2.45, 2.75) is 20.3 Å². The Hall–Kier alpha value is -1.35. The van der Waals surface area contributed by atoms with Gasteiger partial charge < -0.3 is 5.32 Å². The van der Waals surface area contributed by atoms with E-state index in [2.05, 4.69) is 53.8 Å². The third-order valence-electron chi connectivity index (χ3n) is 2.49. The first kappa shape index (κ1) is 11.1. The van der Waals surface area contributed by atoms with Gasteiger partial charge in [-0.3, -0.25) is 0 Å². The maximum atomic E-state index is 4.53. The lowest BCUT2D eigenvalue weighted by molar-refractivity contribution is 1.14. The minimum Gasteiger partial charge on any atom is -0.362 e. The van der Waals surface area contributed by atoms with E-state index in [0.29, 0.717) is 0 Å². The first-order valence-electron chi connectivity index (χ1n) is 5.62. The van der Waals surface area contributed by atoms with Gasteiger partial charge >= 0.3 is 0 Å². The number of nitrogens with zero attached hydrogens (tertiary/aromatic N) is 1. The summed E-state index contributed by atoms with van der Waals surface area (Å²) in [7, 11) is 0. The second-order valence-electron chi connectivity index (χ2n) is 3.62. The summed E-state index contributed by atoms with van der Waals surface area (Å²) in [5.41, 5.74) is 3.62. The summed E-state index contributed by atoms with van der Waals surface area (Å²) in [6.45, 7) is 5.17.